The first-order valence-electron chi connectivity index (χ1n) is 9.92. The topological polar surface area (TPSA) is 87.6 Å². The minimum atomic E-state index is -1.23. The summed E-state index contributed by atoms with van der Waals surface area (Å²) in [5, 5.41) is 14.3. The van der Waals surface area contributed by atoms with Crippen molar-refractivity contribution >= 4 is 62.7 Å². The molecule has 1 aliphatic rings. The van der Waals surface area contributed by atoms with Gasteiger partial charge in [0.1, 0.15) is 16.8 Å². The Labute approximate surface area is 194 Å². The van der Waals surface area contributed by atoms with Crippen LogP contribution in [0, 0.1) is 13.8 Å². The smallest absolute Gasteiger partial charge is 0.450 e. The van der Waals surface area contributed by atoms with Gasteiger partial charge in [-0.2, -0.15) is 4.98 Å². The Balaban J connectivity index is 1.59. The standard InChI is InChI=1S/C21H22Cl2N4O3S/c1-11-12(2)31-19-17(11)18(24-10-13-3-4-15(22)16(23)9-13)25-20(26-19)27-7-5-14(6-8-27)30-21(28)29/h3-4,9,14H,5-8,10H2,1-2H3,(H,28,29)(H,24,25,26). The van der Waals surface area contributed by atoms with Crippen LogP contribution >= 0.6 is 34.5 Å². The third-order valence-electron chi connectivity index (χ3n) is 5.45. The van der Waals surface area contributed by atoms with Gasteiger partial charge in [0.05, 0.1) is 15.4 Å². The predicted octanol–water partition coefficient (Wildman–Crippen LogP) is 5.89. The molecule has 1 fully saturated rings. The minimum absolute atomic E-state index is 0.282. The molecule has 0 atom stereocenters. The zero-order chi connectivity index (χ0) is 22.1. The van der Waals surface area contributed by atoms with E-state index < -0.39 is 6.16 Å². The fourth-order valence-corrected chi connectivity index (χ4v) is 5.00. The number of nitrogens with zero attached hydrogens (tertiary/aromatic N) is 3. The molecule has 0 radical (unpaired) electrons. The lowest BCUT2D eigenvalue weighted by molar-refractivity contribution is 0.0415. The Morgan fingerprint density at radius 2 is 2.00 bits per heavy atom. The molecule has 1 aromatic carbocycles. The van der Waals surface area contributed by atoms with E-state index in [1.807, 2.05) is 12.1 Å². The normalized spacial score (nSPS) is 14.8. The summed E-state index contributed by atoms with van der Waals surface area (Å²) >= 11 is 13.8. The number of aryl methyl sites for hydroxylation is 2. The summed E-state index contributed by atoms with van der Waals surface area (Å²) in [6.07, 6.45) is -0.282. The van der Waals surface area contributed by atoms with Crippen LogP contribution in [0.4, 0.5) is 16.6 Å². The number of hydrogen-bond acceptors (Lipinski definition) is 7. The van der Waals surface area contributed by atoms with Crippen LogP contribution in [0.25, 0.3) is 10.2 Å². The van der Waals surface area contributed by atoms with Gasteiger partial charge in [0.15, 0.2) is 0 Å². The highest BCUT2D eigenvalue weighted by Gasteiger charge is 2.25. The van der Waals surface area contributed by atoms with E-state index >= 15 is 0 Å². The summed E-state index contributed by atoms with van der Waals surface area (Å²) in [5.41, 5.74) is 2.16. The monoisotopic (exact) mass is 480 g/mol. The summed E-state index contributed by atoms with van der Waals surface area (Å²) in [5.74, 6) is 1.41. The molecule has 7 nitrogen and oxygen atoms in total. The molecule has 10 heteroatoms. The van der Waals surface area contributed by atoms with Gasteiger partial charge in [0.25, 0.3) is 0 Å². The van der Waals surface area contributed by atoms with Gasteiger partial charge in [-0.15, -0.1) is 11.3 Å². The zero-order valence-corrected chi connectivity index (χ0v) is 19.4. The molecule has 164 valence electrons. The second-order valence-corrected chi connectivity index (χ2v) is 9.53. The van der Waals surface area contributed by atoms with Crippen LogP contribution in [0.3, 0.4) is 0 Å². The number of fused-ring (bicyclic) bond motifs is 1. The molecule has 3 aromatic rings. The van der Waals surface area contributed by atoms with E-state index in [1.165, 1.54) is 4.88 Å². The summed E-state index contributed by atoms with van der Waals surface area (Å²) in [7, 11) is 0. The van der Waals surface area contributed by atoms with Gasteiger partial charge in [-0.1, -0.05) is 29.3 Å². The average Bonchev–Trinajstić information content (AvgIpc) is 3.02. The van der Waals surface area contributed by atoms with E-state index in [-0.39, 0.29) is 6.10 Å². The van der Waals surface area contributed by atoms with Crippen LogP contribution in [0.2, 0.25) is 10.0 Å². The van der Waals surface area contributed by atoms with E-state index in [4.69, 9.17) is 43.0 Å². The molecule has 0 aliphatic carbocycles. The SMILES string of the molecule is Cc1sc2nc(N3CCC(OC(=O)O)CC3)nc(NCc3ccc(Cl)c(Cl)c3)c2c1C. The van der Waals surface area contributed by atoms with Gasteiger partial charge in [0, 0.05) is 37.4 Å². The van der Waals surface area contributed by atoms with E-state index in [2.05, 4.69) is 24.1 Å². The Morgan fingerprint density at radius 1 is 1.26 bits per heavy atom. The second kappa shape index (κ2) is 9.06. The molecule has 1 saturated heterocycles. The average molecular weight is 481 g/mol. The summed E-state index contributed by atoms with van der Waals surface area (Å²) in [6.45, 7) is 5.98. The van der Waals surface area contributed by atoms with Crippen molar-refractivity contribution < 1.29 is 14.6 Å². The fraction of sp³-hybridized carbons (Fsp3) is 0.381. The highest BCUT2D eigenvalue weighted by atomic mass is 35.5. The summed E-state index contributed by atoms with van der Waals surface area (Å²) < 4.78 is 4.91. The molecule has 2 aromatic heterocycles. The van der Waals surface area contributed by atoms with Gasteiger partial charge >= 0.3 is 6.16 Å². The summed E-state index contributed by atoms with van der Waals surface area (Å²) in [6, 6.07) is 5.56. The van der Waals surface area contributed by atoms with Crippen LogP contribution in [0.15, 0.2) is 18.2 Å². The number of carbonyl (C=O) groups is 1. The maximum Gasteiger partial charge on any atom is 0.506 e. The Bertz CT molecular complexity index is 1130. The third kappa shape index (κ3) is 4.81. The molecular weight excluding hydrogens is 459 g/mol. The van der Waals surface area contributed by atoms with E-state index in [0.29, 0.717) is 48.5 Å². The van der Waals surface area contributed by atoms with Crippen LogP contribution in [-0.4, -0.2) is 40.4 Å². The number of thiophene rings is 1. The van der Waals surface area contributed by atoms with E-state index in [0.717, 1.165) is 27.2 Å². The first-order chi connectivity index (χ1) is 14.8. The predicted molar refractivity (Wildman–Crippen MR) is 125 cm³/mol. The van der Waals surface area contributed by atoms with E-state index in [1.54, 1.807) is 17.4 Å². The van der Waals surface area contributed by atoms with Crippen molar-refractivity contribution in [1.29, 1.82) is 0 Å². The molecular formula is C21H22Cl2N4O3S. The number of carboxylic acid groups (broad SMARTS) is 1. The van der Waals surface area contributed by atoms with Gasteiger partial charge < -0.3 is 20.1 Å². The molecule has 0 amide bonds. The number of benzene rings is 1. The van der Waals surface area contributed by atoms with Crippen LogP contribution in [-0.2, 0) is 11.3 Å². The van der Waals surface area contributed by atoms with Crippen LogP contribution in [0.5, 0.6) is 0 Å². The van der Waals surface area contributed by atoms with Crippen LogP contribution in [0.1, 0.15) is 28.8 Å². The first kappa shape index (κ1) is 21.9. The molecule has 1 aliphatic heterocycles. The molecule has 31 heavy (non-hydrogen) atoms. The summed E-state index contributed by atoms with van der Waals surface area (Å²) in [4.78, 5) is 24.6. The number of halogens is 2. The fourth-order valence-electron chi connectivity index (χ4n) is 3.66. The third-order valence-corrected chi connectivity index (χ3v) is 7.29. The molecule has 3 heterocycles. The van der Waals surface area contributed by atoms with Crippen molar-refractivity contribution in [2.75, 3.05) is 23.3 Å². The van der Waals surface area contributed by atoms with Gasteiger partial charge in [-0.25, -0.2) is 9.78 Å². The lowest BCUT2D eigenvalue weighted by atomic mass is 10.1. The van der Waals surface area contributed by atoms with Gasteiger partial charge in [-0.3, -0.25) is 0 Å². The quantitative estimate of drug-likeness (QED) is 0.440. The van der Waals surface area contributed by atoms with Crippen molar-refractivity contribution in [2.24, 2.45) is 0 Å². The Morgan fingerprint density at radius 3 is 2.68 bits per heavy atom. The molecule has 4 rings (SSSR count). The molecule has 0 spiro atoms. The number of hydrogen-bond donors (Lipinski definition) is 2. The van der Waals surface area contributed by atoms with Crippen molar-refractivity contribution in [1.82, 2.24) is 9.97 Å². The number of nitrogens with one attached hydrogen (secondary N) is 1. The molecule has 0 saturated carbocycles. The molecule has 0 bridgehead atoms. The van der Waals surface area contributed by atoms with E-state index in [9.17, 15) is 4.79 Å². The Hall–Kier alpha value is -2.29. The number of aromatic nitrogens is 2. The maximum atomic E-state index is 10.8. The highest BCUT2D eigenvalue weighted by Crippen LogP contribution is 2.35. The largest absolute Gasteiger partial charge is 0.506 e. The highest BCUT2D eigenvalue weighted by molar-refractivity contribution is 7.18. The number of anilines is 2. The number of ether oxygens (including phenoxy) is 1. The number of piperidine rings is 1. The minimum Gasteiger partial charge on any atom is -0.450 e. The van der Waals surface area contributed by atoms with Gasteiger partial charge in [0.2, 0.25) is 5.95 Å². The number of rotatable bonds is 5. The second-order valence-electron chi connectivity index (χ2n) is 7.51. The van der Waals surface area contributed by atoms with Gasteiger partial charge in [-0.05, 0) is 37.1 Å². The van der Waals surface area contributed by atoms with Crippen molar-refractivity contribution in [2.45, 2.75) is 39.3 Å². The maximum absolute atomic E-state index is 10.8. The molecule has 0 unspecified atom stereocenters. The zero-order valence-electron chi connectivity index (χ0n) is 17.1. The Kier molecular flexibility index (Phi) is 6.41. The lowest BCUT2D eigenvalue weighted by Gasteiger charge is -2.31. The van der Waals surface area contributed by atoms with Crippen molar-refractivity contribution in [3.63, 3.8) is 0 Å². The molecule has 2 N–H and O–H groups in total. The lowest BCUT2D eigenvalue weighted by Crippen LogP contribution is -2.38. The van der Waals surface area contributed by atoms with Crippen LogP contribution < -0.4 is 10.2 Å². The van der Waals surface area contributed by atoms with Crippen molar-refractivity contribution in [3.8, 4) is 0 Å². The first-order valence-corrected chi connectivity index (χ1v) is 11.5. The van der Waals surface area contributed by atoms with Crippen molar-refractivity contribution in [3.05, 3.63) is 44.2 Å².